The van der Waals surface area contributed by atoms with Crippen LogP contribution in [0.1, 0.15) is 19.3 Å². The van der Waals surface area contributed by atoms with Crippen molar-refractivity contribution in [3.63, 3.8) is 0 Å². The second-order valence-corrected chi connectivity index (χ2v) is 7.04. The summed E-state index contributed by atoms with van der Waals surface area (Å²) in [5.41, 5.74) is 1.62. The van der Waals surface area contributed by atoms with Gasteiger partial charge in [0.2, 0.25) is 0 Å². The number of rotatable bonds is 9. The zero-order valence-corrected chi connectivity index (χ0v) is 15.7. The van der Waals surface area contributed by atoms with E-state index in [1.165, 1.54) is 23.9 Å². The SMILES string of the molecule is O=C(O)CCCCSc1nnc(-c2ccc([N+](=O)[O-])cc2)n1-c1ccccc1. The Morgan fingerprint density at radius 3 is 2.43 bits per heavy atom. The second-order valence-electron chi connectivity index (χ2n) is 5.98. The summed E-state index contributed by atoms with van der Waals surface area (Å²) < 4.78 is 1.91. The van der Waals surface area contributed by atoms with Crippen LogP contribution in [0.3, 0.4) is 0 Å². The fraction of sp³-hybridized carbons (Fsp3) is 0.211. The Balaban J connectivity index is 1.87. The van der Waals surface area contributed by atoms with Crippen LogP contribution in [0.25, 0.3) is 17.1 Å². The third-order valence-corrected chi connectivity index (χ3v) is 5.02. The summed E-state index contributed by atoms with van der Waals surface area (Å²) in [6, 6.07) is 15.8. The Kier molecular flexibility index (Phi) is 6.38. The zero-order chi connectivity index (χ0) is 19.9. The van der Waals surface area contributed by atoms with E-state index in [-0.39, 0.29) is 12.1 Å². The number of nitrogens with zero attached hydrogens (tertiary/aromatic N) is 4. The number of thioether (sulfide) groups is 1. The molecule has 0 fully saturated rings. The molecule has 3 aromatic rings. The number of aromatic nitrogens is 3. The molecule has 0 bridgehead atoms. The average Bonchev–Trinajstić information content (AvgIpc) is 3.12. The summed E-state index contributed by atoms with van der Waals surface area (Å²) in [5, 5.41) is 28.9. The molecule has 0 amide bonds. The molecule has 3 rings (SSSR count). The van der Waals surface area contributed by atoms with Crippen LogP contribution in [0, 0.1) is 10.1 Å². The van der Waals surface area contributed by atoms with E-state index < -0.39 is 10.9 Å². The predicted molar refractivity (Wildman–Crippen MR) is 106 cm³/mol. The molecule has 144 valence electrons. The Bertz CT molecular complexity index is 958. The Morgan fingerprint density at radius 1 is 1.07 bits per heavy atom. The van der Waals surface area contributed by atoms with Crippen molar-refractivity contribution in [2.24, 2.45) is 0 Å². The molecule has 1 N–H and O–H groups in total. The summed E-state index contributed by atoms with van der Waals surface area (Å²) in [7, 11) is 0. The maximum absolute atomic E-state index is 10.9. The summed E-state index contributed by atoms with van der Waals surface area (Å²) in [6.07, 6.45) is 1.52. The Hall–Kier alpha value is -3.20. The maximum atomic E-state index is 10.9. The van der Waals surface area contributed by atoms with E-state index in [1.54, 1.807) is 12.1 Å². The number of carboxylic acid groups (broad SMARTS) is 1. The van der Waals surface area contributed by atoms with Gasteiger partial charge in [-0.2, -0.15) is 0 Å². The quantitative estimate of drug-likeness (QED) is 0.249. The van der Waals surface area contributed by atoms with Gasteiger partial charge in [0.1, 0.15) is 0 Å². The van der Waals surface area contributed by atoms with Crippen molar-refractivity contribution in [1.82, 2.24) is 14.8 Å². The van der Waals surface area contributed by atoms with Crippen LogP contribution < -0.4 is 0 Å². The molecular formula is C19H18N4O4S. The molecule has 0 aliphatic heterocycles. The number of carbonyl (C=O) groups is 1. The van der Waals surface area contributed by atoms with Gasteiger partial charge >= 0.3 is 5.97 Å². The van der Waals surface area contributed by atoms with E-state index in [0.717, 1.165) is 23.4 Å². The van der Waals surface area contributed by atoms with Gasteiger partial charge < -0.3 is 5.11 Å². The van der Waals surface area contributed by atoms with Crippen molar-refractivity contribution in [1.29, 1.82) is 0 Å². The lowest BCUT2D eigenvalue weighted by Gasteiger charge is -2.10. The first-order valence-electron chi connectivity index (χ1n) is 8.66. The molecule has 1 aromatic heterocycles. The molecule has 0 unspecified atom stereocenters. The number of nitro benzene ring substituents is 1. The average molecular weight is 398 g/mol. The van der Waals surface area contributed by atoms with Crippen molar-refractivity contribution >= 4 is 23.4 Å². The molecule has 9 heteroatoms. The molecule has 0 aliphatic carbocycles. The first kappa shape index (κ1) is 19.6. The minimum atomic E-state index is -0.794. The van der Waals surface area contributed by atoms with Crippen LogP contribution >= 0.6 is 11.8 Å². The highest BCUT2D eigenvalue weighted by Gasteiger charge is 2.17. The third kappa shape index (κ3) is 4.74. The maximum Gasteiger partial charge on any atom is 0.303 e. The number of hydrogen-bond acceptors (Lipinski definition) is 6. The Labute approximate surface area is 165 Å². The Morgan fingerprint density at radius 2 is 1.79 bits per heavy atom. The van der Waals surface area contributed by atoms with Gasteiger partial charge in [-0.15, -0.1) is 10.2 Å². The van der Waals surface area contributed by atoms with Gasteiger partial charge in [-0.05, 0) is 37.1 Å². The lowest BCUT2D eigenvalue weighted by molar-refractivity contribution is -0.384. The molecule has 0 aliphatic rings. The number of nitro groups is 1. The minimum absolute atomic E-state index is 0.0163. The number of carboxylic acids is 1. The van der Waals surface area contributed by atoms with Gasteiger partial charge in [0.25, 0.3) is 5.69 Å². The van der Waals surface area contributed by atoms with E-state index in [2.05, 4.69) is 10.2 Å². The van der Waals surface area contributed by atoms with Crippen LogP contribution in [0.15, 0.2) is 59.8 Å². The molecule has 8 nitrogen and oxygen atoms in total. The molecule has 1 heterocycles. The monoisotopic (exact) mass is 398 g/mol. The van der Waals surface area contributed by atoms with E-state index >= 15 is 0 Å². The highest BCUT2D eigenvalue weighted by Crippen LogP contribution is 2.29. The molecule has 2 aromatic carbocycles. The molecule has 0 saturated carbocycles. The van der Waals surface area contributed by atoms with E-state index in [4.69, 9.17) is 5.11 Å². The minimum Gasteiger partial charge on any atom is -0.481 e. The van der Waals surface area contributed by atoms with E-state index in [0.29, 0.717) is 17.4 Å². The second kappa shape index (κ2) is 9.14. The zero-order valence-electron chi connectivity index (χ0n) is 14.9. The molecule has 28 heavy (non-hydrogen) atoms. The van der Waals surface area contributed by atoms with Crippen molar-refractivity contribution in [2.45, 2.75) is 24.4 Å². The van der Waals surface area contributed by atoms with Gasteiger partial charge in [0.15, 0.2) is 11.0 Å². The van der Waals surface area contributed by atoms with Crippen LogP contribution in [-0.4, -0.2) is 36.5 Å². The standard InChI is InChI=1S/C19H18N4O4S/c24-17(25)8-4-5-13-28-19-21-20-18(22(19)15-6-2-1-3-7-15)14-9-11-16(12-10-14)23(26)27/h1-3,6-7,9-12H,4-5,8,13H2,(H,24,25). The van der Waals surface area contributed by atoms with Gasteiger partial charge in [-0.25, -0.2) is 0 Å². The predicted octanol–water partition coefficient (Wildman–Crippen LogP) is 4.19. The number of unbranched alkanes of at least 4 members (excludes halogenated alkanes) is 1. The fourth-order valence-corrected chi connectivity index (χ4v) is 3.58. The summed E-state index contributed by atoms with van der Waals surface area (Å²) in [6.45, 7) is 0. The van der Waals surface area contributed by atoms with Crippen LogP contribution in [0.4, 0.5) is 5.69 Å². The van der Waals surface area contributed by atoms with Crippen molar-refractivity contribution in [2.75, 3.05) is 5.75 Å². The smallest absolute Gasteiger partial charge is 0.303 e. The molecule has 0 spiro atoms. The fourth-order valence-electron chi connectivity index (χ4n) is 2.63. The van der Waals surface area contributed by atoms with Gasteiger partial charge in [0.05, 0.1) is 4.92 Å². The van der Waals surface area contributed by atoms with Crippen molar-refractivity contribution in [3.8, 4) is 17.1 Å². The topological polar surface area (TPSA) is 111 Å². The number of benzene rings is 2. The molecule has 0 saturated heterocycles. The van der Waals surface area contributed by atoms with Gasteiger partial charge in [0, 0.05) is 35.6 Å². The first-order valence-corrected chi connectivity index (χ1v) is 9.65. The highest BCUT2D eigenvalue weighted by molar-refractivity contribution is 7.99. The highest BCUT2D eigenvalue weighted by atomic mass is 32.2. The largest absolute Gasteiger partial charge is 0.481 e. The number of para-hydroxylation sites is 1. The summed E-state index contributed by atoms with van der Waals surface area (Å²) >= 11 is 1.51. The van der Waals surface area contributed by atoms with Crippen molar-refractivity contribution < 1.29 is 14.8 Å². The van der Waals surface area contributed by atoms with Gasteiger partial charge in [-0.3, -0.25) is 19.5 Å². The first-order chi connectivity index (χ1) is 13.6. The number of hydrogen-bond donors (Lipinski definition) is 1. The van der Waals surface area contributed by atoms with Gasteiger partial charge in [-0.1, -0.05) is 30.0 Å². The molecule has 0 radical (unpaired) electrons. The van der Waals surface area contributed by atoms with E-state index in [9.17, 15) is 14.9 Å². The summed E-state index contributed by atoms with van der Waals surface area (Å²) in [5.74, 6) is 0.519. The normalized spacial score (nSPS) is 10.7. The molecular weight excluding hydrogens is 380 g/mol. The summed E-state index contributed by atoms with van der Waals surface area (Å²) in [4.78, 5) is 21.1. The van der Waals surface area contributed by atoms with E-state index in [1.807, 2.05) is 34.9 Å². The number of non-ortho nitro benzene ring substituents is 1. The van der Waals surface area contributed by atoms with Crippen molar-refractivity contribution in [3.05, 3.63) is 64.7 Å². The van der Waals surface area contributed by atoms with Crippen LogP contribution in [-0.2, 0) is 4.79 Å². The van der Waals surface area contributed by atoms with Crippen LogP contribution in [0.5, 0.6) is 0 Å². The van der Waals surface area contributed by atoms with Crippen LogP contribution in [0.2, 0.25) is 0 Å². The molecule has 0 atom stereocenters. The third-order valence-electron chi connectivity index (χ3n) is 4.00. The number of aliphatic carboxylic acids is 1. The lowest BCUT2D eigenvalue weighted by Crippen LogP contribution is -2.00. The lowest BCUT2D eigenvalue weighted by atomic mass is 10.2.